The second-order valence-electron chi connectivity index (χ2n) is 6.05. The van der Waals surface area contributed by atoms with Gasteiger partial charge in [0.15, 0.2) is 0 Å². The fourth-order valence-electron chi connectivity index (χ4n) is 2.36. The maximum absolute atomic E-state index is 12.2. The molecule has 1 aliphatic heterocycles. The lowest BCUT2D eigenvalue weighted by atomic mass is 10.0. The number of nitrogens with zero attached hydrogens (tertiary/aromatic N) is 1. The molecule has 1 saturated heterocycles. The summed E-state index contributed by atoms with van der Waals surface area (Å²) >= 11 is 0. The van der Waals surface area contributed by atoms with Crippen molar-refractivity contribution in [2.45, 2.75) is 71.9 Å². The highest BCUT2D eigenvalue weighted by Gasteiger charge is 2.26. The van der Waals surface area contributed by atoms with Crippen LogP contribution in [0.4, 0.5) is 0 Å². The third-order valence-corrected chi connectivity index (χ3v) is 3.50. The molecule has 1 aliphatic rings. The van der Waals surface area contributed by atoms with E-state index in [0.717, 1.165) is 25.8 Å². The highest BCUT2D eigenvalue weighted by molar-refractivity contribution is 5.76. The van der Waals surface area contributed by atoms with Gasteiger partial charge >= 0.3 is 0 Å². The average Bonchev–Trinajstić information content (AvgIpc) is 2.33. The molecular weight excluding hydrogens is 226 g/mol. The molecule has 0 bridgehead atoms. The molecule has 1 rings (SSSR count). The molecule has 0 saturated carbocycles. The van der Waals surface area contributed by atoms with Crippen LogP contribution in [0.5, 0.6) is 0 Å². The number of hydrogen-bond acceptors (Lipinski definition) is 2. The first-order chi connectivity index (χ1) is 8.50. The largest absolute Gasteiger partial charge is 0.377 e. The topological polar surface area (TPSA) is 29.5 Å². The number of carbonyl (C=O) groups is 1. The van der Waals surface area contributed by atoms with Crippen molar-refractivity contribution < 1.29 is 9.53 Å². The van der Waals surface area contributed by atoms with Crippen LogP contribution in [-0.4, -0.2) is 36.1 Å². The van der Waals surface area contributed by atoms with Gasteiger partial charge in [0.25, 0.3) is 0 Å². The minimum atomic E-state index is 0.250. The van der Waals surface area contributed by atoms with E-state index in [1.54, 1.807) is 0 Å². The van der Waals surface area contributed by atoms with E-state index in [9.17, 15) is 4.79 Å². The number of rotatable bonds is 6. The highest BCUT2D eigenvalue weighted by Crippen LogP contribution is 2.20. The first-order valence-electron chi connectivity index (χ1n) is 7.41. The van der Waals surface area contributed by atoms with Crippen LogP contribution >= 0.6 is 0 Å². The minimum Gasteiger partial charge on any atom is -0.377 e. The molecule has 3 heteroatoms. The van der Waals surface area contributed by atoms with E-state index in [2.05, 4.69) is 18.7 Å². The zero-order chi connectivity index (χ0) is 13.5. The van der Waals surface area contributed by atoms with Gasteiger partial charge in [-0.1, -0.05) is 13.8 Å². The van der Waals surface area contributed by atoms with Crippen LogP contribution in [0.25, 0.3) is 0 Å². The molecule has 0 aliphatic carbocycles. The number of hydrogen-bond donors (Lipinski definition) is 0. The monoisotopic (exact) mass is 255 g/mol. The third kappa shape index (κ3) is 5.38. The van der Waals surface area contributed by atoms with Crippen molar-refractivity contribution in [2.75, 3.05) is 13.2 Å². The van der Waals surface area contributed by atoms with Gasteiger partial charge < -0.3 is 9.64 Å². The van der Waals surface area contributed by atoms with E-state index in [0.29, 0.717) is 30.9 Å². The van der Waals surface area contributed by atoms with E-state index in [1.165, 1.54) is 6.42 Å². The van der Waals surface area contributed by atoms with Gasteiger partial charge in [-0.3, -0.25) is 4.79 Å². The fraction of sp³-hybridized carbons (Fsp3) is 0.933. The zero-order valence-electron chi connectivity index (χ0n) is 12.4. The fourth-order valence-corrected chi connectivity index (χ4v) is 2.36. The Labute approximate surface area is 112 Å². The molecular formula is C15H29NO2. The number of piperidine rings is 1. The van der Waals surface area contributed by atoms with Crippen molar-refractivity contribution in [3.63, 3.8) is 0 Å². The van der Waals surface area contributed by atoms with Crippen molar-refractivity contribution in [3.8, 4) is 0 Å². The van der Waals surface area contributed by atoms with Gasteiger partial charge in [0, 0.05) is 13.0 Å². The normalized spacial score (nSPS) is 20.8. The molecule has 1 fully saturated rings. The standard InChI is InChI=1S/C15H29NO2/c1-12(2)8-9-15(17)16-10-6-5-7-14(16)11-18-13(3)4/h12-14H,5-11H2,1-4H3. The molecule has 0 aromatic heterocycles. The third-order valence-electron chi connectivity index (χ3n) is 3.50. The molecule has 18 heavy (non-hydrogen) atoms. The maximum Gasteiger partial charge on any atom is 0.222 e. The van der Waals surface area contributed by atoms with Crippen LogP contribution in [0.2, 0.25) is 0 Å². The molecule has 0 aromatic rings. The Hall–Kier alpha value is -0.570. The Morgan fingerprint density at radius 2 is 2.00 bits per heavy atom. The lowest BCUT2D eigenvalue weighted by molar-refractivity contribution is -0.137. The Kier molecular flexibility index (Phi) is 6.69. The molecule has 0 aromatic carbocycles. The Morgan fingerprint density at radius 3 is 2.61 bits per heavy atom. The van der Waals surface area contributed by atoms with Gasteiger partial charge in [0.05, 0.1) is 18.8 Å². The van der Waals surface area contributed by atoms with Crippen LogP contribution in [0.3, 0.4) is 0 Å². The molecule has 0 N–H and O–H groups in total. The van der Waals surface area contributed by atoms with E-state index in [-0.39, 0.29) is 6.10 Å². The van der Waals surface area contributed by atoms with Crippen LogP contribution in [0.1, 0.15) is 59.8 Å². The van der Waals surface area contributed by atoms with Crippen LogP contribution in [0, 0.1) is 5.92 Å². The van der Waals surface area contributed by atoms with Gasteiger partial charge in [-0.2, -0.15) is 0 Å². The van der Waals surface area contributed by atoms with E-state index >= 15 is 0 Å². The van der Waals surface area contributed by atoms with Gasteiger partial charge in [-0.05, 0) is 45.4 Å². The van der Waals surface area contributed by atoms with Gasteiger partial charge in [-0.15, -0.1) is 0 Å². The molecule has 1 heterocycles. The first-order valence-corrected chi connectivity index (χ1v) is 7.41. The van der Waals surface area contributed by atoms with E-state index in [4.69, 9.17) is 4.74 Å². The lowest BCUT2D eigenvalue weighted by Crippen LogP contribution is -2.46. The van der Waals surface area contributed by atoms with Crippen molar-refractivity contribution in [2.24, 2.45) is 5.92 Å². The smallest absolute Gasteiger partial charge is 0.222 e. The molecule has 3 nitrogen and oxygen atoms in total. The van der Waals surface area contributed by atoms with Gasteiger partial charge in [0.1, 0.15) is 0 Å². The number of likely N-dealkylation sites (tertiary alicyclic amines) is 1. The second-order valence-corrected chi connectivity index (χ2v) is 6.05. The predicted octanol–water partition coefficient (Wildman–Crippen LogP) is 3.23. The Morgan fingerprint density at radius 1 is 1.28 bits per heavy atom. The quantitative estimate of drug-likeness (QED) is 0.729. The van der Waals surface area contributed by atoms with Crippen molar-refractivity contribution in [3.05, 3.63) is 0 Å². The number of ether oxygens (including phenoxy) is 1. The zero-order valence-corrected chi connectivity index (χ0v) is 12.4. The summed E-state index contributed by atoms with van der Waals surface area (Å²) in [6.45, 7) is 10.1. The predicted molar refractivity (Wildman–Crippen MR) is 74.5 cm³/mol. The second kappa shape index (κ2) is 7.78. The van der Waals surface area contributed by atoms with Crippen molar-refractivity contribution >= 4 is 5.91 Å². The number of amides is 1. The molecule has 0 spiro atoms. The van der Waals surface area contributed by atoms with Gasteiger partial charge in [0.2, 0.25) is 5.91 Å². The van der Waals surface area contributed by atoms with Crippen LogP contribution < -0.4 is 0 Å². The summed E-state index contributed by atoms with van der Waals surface area (Å²) in [6, 6.07) is 0.306. The summed E-state index contributed by atoms with van der Waals surface area (Å²) in [5, 5.41) is 0. The summed E-state index contributed by atoms with van der Waals surface area (Å²) in [5.41, 5.74) is 0. The Balaban J connectivity index is 2.45. The van der Waals surface area contributed by atoms with Crippen LogP contribution in [0.15, 0.2) is 0 Å². The molecule has 1 unspecified atom stereocenters. The Bertz CT molecular complexity index is 251. The van der Waals surface area contributed by atoms with Crippen molar-refractivity contribution in [1.82, 2.24) is 4.90 Å². The van der Waals surface area contributed by atoms with Crippen LogP contribution in [-0.2, 0) is 9.53 Å². The molecule has 0 radical (unpaired) electrons. The summed E-state index contributed by atoms with van der Waals surface area (Å²) in [5.74, 6) is 0.921. The minimum absolute atomic E-state index is 0.250. The van der Waals surface area contributed by atoms with E-state index < -0.39 is 0 Å². The highest BCUT2D eigenvalue weighted by atomic mass is 16.5. The molecule has 106 valence electrons. The summed E-state index contributed by atoms with van der Waals surface area (Å²) in [6.07, 6.45) is 5.40. The van der Waals surface area contributed by atoms with E-state index in [1.807, 2.05) is 13.8 Å². The molecule has 1 atom stereocenters. The van der Waals surface area contributed by atoms with Crippen molar-refractivity contribution in [1.29, 1.82) is 0 Å². The SMILES string of the molecule is CC(C)CCC(=O)N1CCCCC1COC(C)C. The summed E-state index contributed by atoms with van der Waals surface area (Å²) in [7, 11) is 0. The number of carbonyl (C=O) groups excluding carboxylic acids is 1. The first kappa shape index (κ1) is 15.5. The average molecular weight is 255 g/mol. The van der Waals surface area contributed by atoms with Gasteiger partial charge in [-0.25, -0.2) is 0 Å². The maximum atomic E-state index is 12.2. The summed E-state index contributed by atoms with van der Waals surface area (Å²) < 4.78 is 5.69. The lowest BCUT2D eigenvalue weighted by Gasteiger charge is -2.36. The molecule has 1 amide bonds. The summed E-state index contributed by atoms with van der Waals surface area (Å²) in [4.78, 5) is 14.3.